The van der Waals surface area contributed by atoms with E-state index in [4.69, 9.17) is 4.74 Å². The fraction of sp³-hybridized carbons (Fsp3) is 0.600. The van der Waals surface area contributed by atoms with Crippen LogP contribution in [0, 0.1) is 6.92 Å². The van der Waals surface area contributed by atoms with Gasteiger partial charge < -0.3 is 9.64 Å². The Bertz CT molecular complexity index is 333. The van der Waals surface area contributed by atoms with Gasteiger partial charge in [-0.1, -0.05) is 31.0 Å². The van der Waals surface area contributed by atoms with Crippen LogP contribution >= 0.6 is 0 Å². The van der Waals surface area contributed by atoms with Crippen molar-refractivity contribution in [2.45, 2.75) is 32.6 Å². The van der Waals surface area contributed by atoms with Crippen molar-refractivity contribution in [1.29, 1.82) is 0 Å². The summed E-state index contributed by atoms with van der Waals surface area (Å²) >= 11 is 0. The maximum absolute atomic E-state index is 5.77. The van der Waals surface area contributed by atoms with Crippen molar-refractivity contribution in [2.24, 2.45) is 0 Å². The second-order valence-electron chi connectivity index (χ2n) is 4.87. The Balaban J connectivity index is 1.49. The van der Waals surface area contributed by atoms with E-state index in [-0.39, 0.29) is 0 Å². The van der Waals surface area contributed by atoms with Gasteiger partial charge >= 0.3 is 0 Å². The molecule has 0 aliphatic carbocycles. The van der Waals surface area contributed by atoms with E-state index in [0.717, 1.165) is 12.4 Å². The van der Waals surface area contributed by atoms with Gasteiger partial charge in [0.2, 0.25) is 0 Å². The number of unbranched alkanes of at least 4 members (excludes halogenated alkanes) is 3. The van der Waals surface area contributed by atoms with Crippen LogP contribution in [0.15, 0.2) is 24.3 Å². The number of hydrogen-bond acceptors (Lipinski definition) is 2. The predicted octanol–water partition coefficient (Wildman–Crippen LogP) is 3.25. The number of aryl methyl sites for hydroxylation is 1. The minimum absolute atomic E-state index is 0.856. The van der Waals surface area contributed by atoms with E-state index >= 15 is 0 Å². The second-order valence-corrected chi connectivity index (χ2v) is 4.87. The summed E-state index contributed by atoms with van der Waals surface area (Å²) in [4.78, 5) is 2.49. The Hall–Kier alpha value is -1.02. The molecule has 0 atom stereocenters. The van der Waals surface area contributed by atoms with Gasteiger partial charge in [0.1, 0.15) is 5.75 Å². The summed E-state index contributed by atoms with van der Waals surface area (Å²) in [6, 6.07) is 8.23. The summed E-state index contributed by atoms with van der Waals surface area (Å²) in [7, 11) is 0. The molecule has 1 aliphatic heterocycles. The molecule has 17 heavy (non-hydrogen) atoms. The summed E-state index contributed by atoms with van der Waals surface area (Å²) in [6.07, 6.45) is 5.16. The molecule has 2 heteroatoms. The molecule has 1 aliphatic rings. The van der Waals surface area contributed by atoms with Crippen LogP contribution in [0.3, 0.4) is 0 Å². The van der Waals surface area contributed by atoms with E-state index in [1.165, 1.54) is 50.9 Å². The SMILES string of the molecule is Cc1ccccc1OCCCCCCN1CC1. The van der Waals surface area contributed by atoms with Crippen molar-refractivity contribution in [3.63, 3.8) is 0 Å². The molecule has 0 saturated carbocycles. The molecule has 0 aromatic heterocycles. The van der Waals surface area contributed by atoms with Gasteiger partial charge in [-0.05, 0) is 37.9 Å². The van der Waals surface area contributed by atoms with Crippen molar-refractivity contribution < 1.29 is 4.74 Å². The van der Waals surface area contributed by atoms with Crippen LogP contribution in [0.4, 0.5) is 0 Å². The molecule has 0 amide bonds. The summed E-state index contributed by atoms with van der Waals surface area (Å²) in [6.45, 7) is 6.92. The summed E-state index contributed by atoms with van der Waals surface area (Å²) in [5.41, 5.74) is 1.23. The number of benzene rings is 1. The second kappa shape index (κ2) is 6.65. The maximum atomic E-state index is 5.77. The number of para-hydroxylation sites is 1. The zero-order chi connectivity index (χ0) is 11.9. The van der Waals surface area contributed by atoms with Crippen molar-refractivity contribution in [1.82, 2.24) is 4.90 Å². The van der Waals surface area contributed by atoms with Crippen LogP contribution in [0.1, 0.15) is 31.2 Å². The van der Waals surface area contributed by atoms with Crippen LogP contribution < -0.4 is 4.74 Å². The topological polar surface area (TPSA) is 12.2 Å². The lowest BCUT2D eigenvalue weighted by Gasteiger charge is -2.08. The molecule has 1 aromatic carbocycles. The zero-order valence-electron chi connectivity index (χ0n) is 10.8. The molecule has 94 valence electrons. The van der Waals surface area contributed by atoms with Crippen LogP contribution in [0.5, 0.6) is 5.75 Å². The average molecular weight is 233 g/mol. The van der Waals surface area contributed by atoms with Gasteiger partial charge in [-0.2, -0.15) is 0 Å². The molecule has 0 radical (unpaired) electrons. The van der Waals surface area contributed by atoms with Gasteiger partial charge in [0, 0.05) is 13.1 Å². The third-order valence-electron chi connectivity index (χ3n) is 3.26. The van der Waals surface area contributed by atoms with Gasteiger partial charge in [0.05, 0.1) is 6.61 Å². The predicted molar refractivity (Wildman–Crippen MR) is 71.6 cm³/mol. The highest BCUT2D eigenvalue weighted by Crippen LogP contribution is 2.16. The molecule has 2 rings (SSSR count). The van der Waals surface area contributed by atoms with E-state index in [1.54, 1.807) is 0 Å². The lowest BCUT2D eigenvalue weighted by atomic mass is 10.2. The van der Waals surface area contributed by atoms with Gasteiger partial charge in [0.25, 0.3) is 0 Å². The molecular formula is C15H23NO. The smallest absolute Gasteiger partial charge is 0.122 e. The van der Waals surface area contributed by atoms with Crippen molar-refractivity contribution >= 4 is 0 Å². The van der Waals surface area contributed by atoms with Gasteiger partial charge in [-0.15, -0.1) is 0 Å². The van der Waals surface area contributed by atoms with Gasteiger partial charge in [-0.3, -0.25) is 0 Å². The molecule has 1 saturated heterocycles. The van der Waals surface area contributed by atoms with Crippen molar-refractivity contribution in [3.05, 3.63) is 29.8 Å². The highest BCUT2D eigenvalue weighted by molar-refractivity contribution is 5.31. The largest absolute Gasteiger partial charge is 0.493 e. The molecule has 0 spiro atoms. The first-order chi connectivity index (χ1) is 8.36. The number of nitrogens with zero attached hydrogens (tertiary/aromatic N) is 1. The zero-order valence-corrected chi connectivity index (χ0v) is 10.8. The molecule has 0 unspecified atom stereocenters. The quantitative estimate of drug-likeness (QED) is 0.505. The fourth-order valence-corrected chi connectivity index (χ4v) is 1.99. The van der Waals surface area contributed by atoms with Crippen LogP contribution in [-0.4, -0.2) is 31.1 Å². The minimum atomic E-state index is 0.856. The van der Waals surface area contributed by atoms with Crippen molar-refractivity contribution in [3.8, 4) is 5.75 Å². The molecule has 2 nitrogen and oxygen atoms in total. The fourth-order valence-electron chi connectivity index (χ4n) is 1.99. The Morgan fingerprint density at radius 2 is 1.82 bits per heavy atom. The molecular weight excluding hydrogens is 210 g/mol. The van der Waals surface area contributed by atoms with Crippen LogP contribution in [0.25, 0.3) is 0 Å². The molecule has 0 bridgehead atoms. The Morgan fingerprint density at radius 1 is 1.06 bits per heavy atom. The normalized spacial score (nSPS) is 14.9. The van der Waals surface area contributed by atoms with Crippen molar-refractivity contribution in [2.75, 3.05) is 26.2 Å². The third-order valence-corrected chi connectivity index (χ3v) is 3.26. The lowest BCUT2D eigenvalue weighted by Crippen LogP contribution is -2.01. The van der Waals surface area contributed by atoms with E-state index in [0.29, 0.717) is 0 Å². The number of ether oxygens (including phenoxy) is 1. The van der Waals surface area contributed by atoms with Gasteiger partial charge in [0.15, 0.2) is 0 Å². The summed E-state index contributed by atoms with van der Waals surface area (Å²) in [5, 5.41) is 0. The Kier molecular flexibility index (Phi) is 4.87. The highest BCUT2D eigenvalue weighted by atomic mass is 16.5. The minimum Gasteiger partial charge on any atom is -0.493 e. The Morgan fingerprint density at radius 3 is 2.59 bits per heavy atom. The number of hydrogen-bond donors (Lipinski definition) is 0. The molecule has 1 heterocycles. The third kappa shape index (κ3) is 4.78. The molecule has 1 fully saturated rings. The Labute approximate surface area is 105 Å². The highest BCUT2D eigenvalue weighted by Gasteiger charge is 2.14. The lowest BCUT2D eigenvalue weighted by molar-refractivity contribution is 0.302. The van der Waals surface area contributed by atoms with Gasteiger partial charge in [-0.25, -0.2) is 0 Å². The molecule has 0 N–H and O–H groups in total. The van der Waals surface area contributed by atoms with E-state index in [9.17, 15) is 0 Å². The first-order valence-corrected chi connectivity index (χ1v) is 6.77. The number of rotatable bonds is 8. The monoisotopic (exact) mass is 233 g/mol. The first kappa shape index (κ1) is 12.4. The maximum Gasteiger partial charge on any atom is 0.122 e. The summed E-state index contributed by atoms with van der Waals surface area (Å²) < 4.78 is 5.77. The average Bonchev–Trinajstić information content (AvgIpc) is 3.14. The summed E-state index contributed by atoms with van der Waals surface area (Å²) in [5.74, 6) is 1.04. The van der Waals surface area contributed by atoms with E-state index < -0.39 is 0 Å². The van der Waals surface area contributed by atoms with Crippen LogP contribution in [-0.2, 0) is 0 Å². The molecule has 1 aromatic rings. The first-order valence-electron chi connectivity index (χ1n) is 6.77. The van der Waals surface area contributed by atoms with E-state index in [2.05, 4.69) is 30.0 Å². The standard InChI is InChI=1S/C15H23NO/c1-14-8-4-5-9-15(14)17-13-7-3-2-6-10-16-11-12-16/h4-5,8-9H,2-3,6-7,10-13H2,1H3. The van der Waals surface area contributed by atoms with Crippen LogP contribution in [0.2, 0.25) is 0 Å². The van der Waals surface area contributed by atoms with E-state index in [1.807, 2.05) is 6.07 Å².